The van der Waals surface area contributed by atoms with Crippen molar-refractivity contribution in [1.29, 1.82) is 0 Å². The number of carbonyl (C=O) groups is 2. The van der Waals surface area contributed by atoms with Gasteiger partial charge in [-0.25, -0.2) is 0 Å². The van der Waals surface area contributed by atoms with Crippen LogP contribution in [0.4, 0.5) is 11.4 Å². The number of hydrogen-bond donors (Lipinski definition) is 0. The van der Waals surface area contributed by atoms with Crippen LogP contribution in [-0.2, 0) is 9.59 Å². The van der Waals surface area contributed by atoms with Gasteiger partial charge in [0.25, 0.3) is 0 Å². The first-order chi connectivity index (χ1) is 13.7. The van der Waals surface area contributed by atoms with Gasteiger partial charge >= 0.3 is 0 Å². The summed E-state index contributed by atoms with van der Waals surface area (Å²) in [6, 6.07) is 18.3. The molecule has 2 fully saturated rings. The Morgan fingerprint density at radius 2 is 1.61 bits per heavy atom. The summed E-state index contributed by atoms with van der Waals surface area (Å²) in [5, 5.41) is 0. The third-order valence-electron chi connectivity index (χ3n) is 5.57. The van der Waals surface area contributed by atoms with Crippen molar-refractivity contribution >= 4 is 35.0 Å². The number of para-hydroxylation sites is 1. The molecule has 0 bridgehead atoms. The van der Waals surface area contributed by atoms with Gasteiger partial charge in [-0.1, -0.05) is 18.2 Å². The second-order valence-corrected chi connectivity index (χ2v) is 8.13. The molecule has 0 N–H and O–H groups in total. The summed E-state index contributed by atoms with van der Waals surface area (Å²) in [5.41, 5.74) is 2.08. The van der Waals surface area contributed by atoms with Crippen molar-refractivity contribution in [2.24, 2.45) is 5.92 Å². The third-order valence-corrected chi connectivity index (χ3v) is 6.31. The van der Waals surface area contributed by atoms with Crippen LogP contribution < -0.4 is 9.80 Å². The molecule has 5 nitrogen and oxygen atoms in total. The predicted octanol–water partition coefficient (Wildman–Crippen LogP) is 3.11. The summed E-state index contributed by atoms with van der Waals surface area (Å²) < 4.78 is 0. The number of anilines is 2. The lowest BCUT2D eigenvalue weighted by molar-refractivity contribution is -0.136. The van der Waals surface area contributed by atoms with Crippen LogP contribution in [0, 0.1) is 5.92 Å². The van der Waals surface area contributed by atoms with E-state index >= 15 is 0 Å². The van der Waals surface area contributed by atoms with Crippen LogP contribution in [-0.4, -0.2) is 55.7 Å². The highest BCUT2D eigenvalue weighted by molar-refractivity contribution is 7.98. The topological polar surface area (TPSA) is 43.9 Å². The summed E-state index contributed by atoms with van der Waals surface area (Å²) in [5.74, 6) is -0.0847. The van der Waals surface area contributed by atoms with Crippen LogP contribution in [0.3, 0.4) is 0 Å². The Hall–Kier alpha value is -2.47. The molecule has 0 spiro atoms. The molecule has 1 atom stereocenters. The number of rotatable bonds is 4. The number of hydrogen-bond acceptors (Lipinski definition) is 4. The fourth-order valence-electron chi connectivity index (χ4n) is 3.97. The van der Waals surface area contributed by atoms with Crippen molar-refractivity contribution in [1.82, 2.24) is 4.90 Å². The molecule has 0 aliphatic carbocycles. The minimum absolute atomic E-state index is 0.0400. The van der Waals surface area contributed by atoms with Crippen molar-refractivity contribution in [3.8, 4) is 0 Å². The quantitative estimate of drug-likeness (QED) is 0.746. The molecule has 2 aromatic carbocycles. The predicted molar refractivity (Wildman–Crippen MR) is 114 cm³/mol. The molecule has 2 aliphatic rings. The Kier molecular flexibility index (Phi) is 5.57. The summed E-state index contributed by atoms with van der Waals surface area (Å²) in [4.78, 5) is 32.7. The number of carbonyl (C=O) groups excluding carboxylic acids is 2. The van der Waals surface area contributed by atoms with E-state index in [0.29, 0.717) is 26.1 Å². The van der Waals surface area contributed by atoms with Gasteiger partial charge in [-0.15, -0.1) is 11.8 Å². The van der Waals surface area contributed by atoms with Crippen molar-refractivity contribution in [3.63, 3.8) is 0 Å². The molecule has 6 heteroatoms. The largest absolute Gasteiger partial charge is 0.368 e. The molecule has 0 saturated carbocycles. The normalized spacial score (nSPS) is 20.0. The van der Waals surface area contributed by atoms with Crippen LogP contribution in [0.1, 0.15) is 6.42 Å². The molecule has 2 heterocycles. The number of benzene rings is 2. The van der Waals surface area contributed by atoms with Gasteiger partial charge < -0.3 is 14.7 Å². The van der Waals surface area contributed by atoms with Gasteiger partial charge in [0.1, 0.15) is 0 Å². The van der Waals surface area contributed by atoms with E-state index < -0.39 is 0 Å². The van der Waals surface area contributed by atoms with E-state index in [4.69, 9.17) is 0 Å². The Balaban J connectivity index is 1.36. The SMILES string of the molecule is CSc1ccc(N2CC(C(=O)N3CCN(c4ccccc4)CC3)CC2=O)cc1. The van der Waals surface area contributed by atoms with Crippen LogP contribution in [0.15, 0.2) is 59.5 Å². The van der Waals surface area contributed by atoms with Gasteiger partial charge in [0.05, 0.1) is 5.92 Å². The molecule has 28 heavy (non-hydrogen) atoms. The van der Waals surface area contributed by atoms with E-state index in [1.807, 2.05) is 53.6 Å². The standard InChI is InChI=1S/C22H25N3O2S/c1-28-20-9-7-19(8-10-20)25-16-17(15-21(25)26)22(27)24-13-11-23(12-14-24)18-5-3-2-4-6-18/h2-10,17H,11-16H2,1H3. The molecule has 2 saturated heterocycles. The molecule has 2 aromatic rings. The van der Waals surface area contributed by atoms with E-state index in [1.165, 1.54) is 10.6 Å². The first kappa shape index (κ1) is 18.9. The fourth-order valence-corrected chi connectivity index (χ4v) is 4.37. The van der Waals surface area contributed by atoms with E-state index in [-0.39, 0.29) is 17.7 Å². The average molecular weight is 396 g/mol. The van der Waals surface area contributed by atoms with Crippen molar-refractivity contribution in [3.05, 3.63) is 54.6 Å². The van der Waals surface area contributed by atoms with E-state index in [1.54, 1.807) is 16.7 Å². The number of amides is 2. The maximum absolute atomic E-state index is 13.0. The molecule has 0 aromatic heterocycles. The Morgan fingerprint density at radius 1 is 0.929 bits per heavy atom. The Morgan fingerprint density at radius 3 is 2.25 bits per heavy atom. The Bertz CT molecular complexity index is 833. The van der Waals surface area contributed by atoms with E-state index in [2.05, 4.69) is 17.0 Å². The lowest BCUT2D eigenvalue weighted by Crippen LogP contribution is -2.50. The lowest BCUT2D eigenvalue weighted by atomic mass is 10.1. The molecular formula is C22H25N3O2S. The molecule has 2 amide bonds. The first-order valence-corrected chi connectivity index (χ1v) is 10.9. The molecule has 4 rings (SSSR count). The van der Waals surface area contributed by atoms with Gasteiger partial charge in [-0.05, 0) is 42.7 Å². The van der Waals surface area contributed by atoms with Gasteiger partial charge in [0, 0.05) is 55.4 Å². The molecule has 0 radical (unpaired) electrons. The van der Waals surface area contributed by atoms with Crippen LogP contribution >= 0.6 is 11.8 Å². The maximum atomic E-state index is 13.0. The molecule has 146 valence electrons. The van der Waals surface area contributed by atoms with Crippen LogP contribution in [0.25, 0.3) is 0 Å². The number of nitrogens with zero attached hydrogens (tertiary/aromatic N) is 3. The number of thioether (sulfide) groups is 1. The zero-order valence-electron chi connectivity index (χ0n) is 16.1. The smallest absolute Gasteiger partial charge is 0.228 e. The van der Waals surface area contributed by atoms with Crippen LogP contribution in [0.2, 0.25) is 0 Å². The summed E-state index contributed by atoms with van der Waals surface area (Å²) in [7, 11) is 0. The van der Waals surface area contributed by atoms with Gasteiger partial charge in [-0.3, -0.25) is 9.59 Å². The zero-order valence-corrected chi connectivity index (χ0v) is 16.9. The zero-order chi connectivity index (χ0) is 19.5. The Labute approximate surface area is 170 Å². The van der Waals surface area contributed by atoms with E-state index in [9.17, 15) is 9.59 Å². The van der Waals surface area contributed by atoms with Gasteiger partial charge in [-0.2, -0.15) is 0 Å². The highest BCUT2D eigenvalue weighted by Gasteiger charge is 2.37. The summed E-state index contributed by atoms with van der Waals surface area (Å²) in [6.07, 6.45) is 2.34. The average Bonchev–Trinajstić information content (AvgIpc) is 3.15. The monoisotopic (exact) mass is 395 g/mol. The summed E-state index contributed by atoms with van der Waals surface area (Å²) >= 11 is 1.68. The van der Waals surface area contributed by atoms with Crippen molar-refractivity contribution < 1.29 is 9.59 Å². The number of piperazine rings is 1. The molecule has 1 unspecified atom stereocenters. The van der Waals surface area contributed by atoms with Gasteiger partial charge in [0.2, 0.25) is 11.8 Å². The van der Waals surface area contributed by atoms with E-state index in [0.717, 1.165) is 18.8 Å². The highest BCUT2D eigenvalue weighted by atomic mass is 32.2. The van der Waals surface area contributed by atoms with Crippen LogP contribution in [0.5, 0.6) is 0 Å². The second kappa shape index (κ2) is 8.27. The lowest BCUT2D eigenvalue weighted by Gasteiger charge is -2.37. The second-order valence-electron chi connectivity index (χ2n) is 7.25. The fraction of sp³-hybridized carbons (Fsp3) is 0.364. The first-order valence-electron chi connectivity index (χ1n) is 9.69. The highest BCUT2D eigenvalue weighted by Crippen LogP contribution is 2.28. The molecular weight excluding hydrogens is 370 g/mol. The van der Waals surface area contributed by atoms with Crippen molar-refractivity contribution in [2.75, 3.05) is 48.8 Å². The van der Waals surface area contributed by atoms with Crippen molar-refractivity contribution in [2.45, 2.75) is 11.3 Å². The minimum atomic E-state index is -0.240. The van der Waals surface area contributed by atoms with Gasteiger partial charge in [0.15, 0.2) is 0 Å². The third kappa shape index (κ3) is 3.87. The maximum Gasteiger partial charge on any atom is 0.228 e. The summed E-state index contributed by atoms with van der Waals surface area (Å²) in [6.45, 7) is 3.56. The minimum Gasteiger partial charge on any atom is -0.368 e. The molecule has 2 aliphatic heterocycles.